The topological polar surface area (TPSA) is 49.3 Å². The van der Waals surface area contributed by atoms with E-state index in [9.17, 15) is 4.79 Å². The molecule has 0 heterocycles. The van der Waals surface area contributed by atoms with E-state index in [4.69, 9.17) is 16.8 Å². The first-order chi connectivity index (χ1) is 5.24. The van der Waals surface area contributed by atoms with E-state index in [1.807, 2.05) is 0 Å². The van der Waals surface area contributed by atoms with Crippen LogP contribution in [0.1, 0.15) is 10.4 Å². The van der Waals surface area contributed by atoms with Crippen LogP contribution in [0.3, 0.4) is 0 Å². The Bertz CT molecular complexity index is 258. The fraction of sp³-hybridized carbons (Fsp3) is 0. The van der Waals surface area contributed by atoms with Gasteiger partial charge in [0.15, 0.2) is 0 Å². The summed E-state index contributed by atoms with van der Waals surface area (Å²) in [5.74, 6) is -0.540. The minimum atomic E-state index is -0.540. The molecule has 0 radical (unpaired) electrons. The minimum absolute atomic E-state index is 0.372. The van der Waals surface area contributed by atoms with Crippen LogP contribution in [-0.2, 0) is 0 Å². The number of rotatable bonds is 1. The monoisotopic (exact) mass is 171 g/mol. The zero-order valence-corrected chi connectivity index (χ0v) is 6.30. The molecule has 1 aromatic carbocycles. The zero-order valence-electron chi connectivity index (χ0n) is 5.54. The van der Waals surface area contributed by atoms with Gasteiger partial charge in [-0.2, -0.15) is 0 Å². The maximum atomic E-state index is 10.7. The first-order valence-electron chi connectivity index (χ1n) is 2.94. The van der Waals surface area contributed by atoms with Crippen molar-refractivity contribution in [1.29, 1.82) is 0 Å². The van der Waals surface area contributed by atoms with Gasteiger partial charge in [-0.1, -0.05) is 11.6 Å². The molecular formula is C7H6ClNO2. The maximum absolute atomic E-state index is 10.7. The van der Waals surface area contributed by atoms with Crippen LogP contribution in [0.15, 0.2) is 24.3 Å². The molecule has 11 heavy (non-hydrogen) atoms. The first-order valence-corrected chi connectivity index (χ1v) is 3.32. The van der Waals surface area contributed by atoms with E-state index in [0.717, 1.165) is 0 Å². The standard InChI is InChI=1S/C7H6ClNO2/c8-6-3-1-5(2-4-6)7(10)9-11/h1-4,11H,(H,9,10). The largest absolute Gasteiger partial charge is 0.288 e. The Morgan fingerprint density at radius 3 is 2.36 bits per heavy atom. The first kappa shape index (κ1) is 8.04. The second-order valence-electron chi connectivity index (χ2n) is 1.95. The summed E-state index contributed by atoms with van der Waals surface area (Å²) in [6.07, 6.45) is 0. The molecule has 1 amide bonds. The summed E-state index contributed by atoms with van der Waals surface area (Å²) in [4.78, 5) is 10.7. The molecule has 0 saturated carbocycles. The summed E-state index contributed by atoms with van der Waals surface area (Å²) in [6.45, 7) is 0. The minimum Gasteiger partial charge on any atom is -0.288 e. The smallest absolute Gasteiger partial charge is 0.274 e. The fourth-order valence-corrected chi connectivity index (χ4v) is 0.792. The van der Waals surface area contributed by atoms with Gasteiger partial charge >= 0.3 is 0 Å². The highest BCUT2D eigenvalue weighted by Gasteiger charge is 2.01. The Labute approximate surface area is 68.6 Å². The molecule has 1 rings (SSSR count). The lowest BCUT2D eigenvalue weighted by atomic mass is 10.2. The van der Waals surface area contributed by atoms with Gasteiger partial charge < -0.3 is 0 Å². The Balaban J connectivity index is 2.90. The number of benzene rings is 1. The van der Waals surface area contributed by atoms with Crippen molar-refractivity contribution in [1.82, 2.24) is 5.48 Å². The van der Waals surface area contributed by atoms with Gasteiger partial charge in [-0.3, -0.25) is 10.0 Å². The van der Waals surface area contributed by atoms with Gasteiger partial charge in [-0.05, 0) is 24.3 Å². The summed E-state index contributed by atoms with van der Waals surface area (Å²) in [5, 5.41) is 8.78. The Morgan fingerprint density at radius 1 is 1.36 bits per heavy atom. The summed E-state index contributed by atoms with van der Waals surface area (Å²) in [5.41, 5.74) is 1.89. The molecule has 0 aromatic heterocycles. The molecule has 0 bridgehead atoms. The number of carbonyl (C=O) groups excluding carboxylic acids is 1. The SMILES string of the molecule is O=C(NO)c1ccc(Cl)cc1. The molecule has 4 heteroatoms. The number of halogens is 1. The number of hydrogen-bond acceptors (Lipinski definition) is 2. The van der Waals surface area contributed by atoms with E-state index in [2.05, 4.69) is 0 Å². The predicted molar refractivity (Wildman–Crippen MR) is 40.7 cm³/mol. The second-order valence-corrected chi connectivity index (χ2v) is 2.38. The predicted octanol–water partition coefficient (Wildman–Crippen LogP) is 1.46. The third kappa shape index (κ3) is 1.93. The molecule has 0 spiro atoms. The van der Waals surface area contributed by atoms with Gasteiger partial charge in [0.2, 0.25) is 0 Å². The fourth-order valence-electron chi connectivity index (χ4n) is 0.666. The third-order valence-corrected chi connectivity index (χ3v) is 1.46. The van der Waals surface area contributed by atoms with Gasteiger partial charge in [-0.25, -0.2) is 5.48 Å². The van der Waals surface area contributed by atoms with Crippen molar-refractivity contribution in [3.63, 3.8) is 0 Å². The van der Waals surface area contributed by atoms with Crippen molar-refractivity contribution >= 4 is 17.5 Å². The average molecular weight is 172 g/mol. The molecule has 0 aliphatic rings. The van der Waals surface area contributed by atoms with E-state index < -0.39 is 5.91 Å². The number of amides is 1. The van der Waals surface area contributed by atoms with Crippen LogP contribution in [0.25, 0.3) is 0 Å². The lowest BCUT2D eigenvalue weighted by molar-refractivity contribution is 0.0706. The summed E-state index contributed by atoms with van der Waals surface area (Å²) < 4.78 is 0. The Morgan fingerprint density at radius 2 is 1.91 bits per heavy atom. The van der Waals surface area contributed by atoms with Crippen LogP contribution < -0.4 is 5.48 Å². The molecule has 2 N–H and O–H groups in total. The van der Waals surface area contributed by atoms with Crippen LogP contribution in [-0.4, -0.2) is 11.1 Å². The van der Waals surface area contributed by atoms with Crippen LogP contribution in [0.4, 0.5) is 0 Å². The molecule has 0 unspecified atom stereocenters. The van der Waals surface area contributed by atoms with E-state index in [1.54, 1.807) is 12.1 Å². The van der Waals surface area contributed by atoms with E-state index in [1.165, 1.54) is 17.6 Å². The highest BCUT2D eigenvalue weighted by molar-refractivity contribution is 6.30. The lowest BCUT2D eigenvalue weighted by Gasteiger charge is -1.96. The quantitative estimate of drug-likeness (QED) is 0.497. The van der Waals surface area contributed by atoms with Crippen molar-refractivity contribution in [2.45, 2.75) is 0 Å². The molecule has 0 fully saturated rings. The van der Waals surface area contributed by atoms with Crippen LogP contribution in [0, 0.1) is 0 Å². The number of carbonyl (C=O) groups is 1. The molecule has 3 nitrogen and oxygen atoms in total. The summed E-state index contributed by atoms with van der Waals surface area (Å²) >= 11 is 5.57. The van der Waals surface area contributed by atoms with Gasteiger partial charge in [0.05, 0.1) is 0 Å². The molecule has 58 valence electrons. The van der Waals surface area contributed by atoms with Gasteiger partial charge in [0.25, 0.3) is 5.91 Å². The number of nitrogens with one attached hydrogen (secondary N) is 1. The van der Waals surface area contributed by atoms with Gasteiger partial charge in [0.1, 0.15) is 0 Å². The second kappa shape index (κ2) is 3.37. The van der Waals surface area contributed by atoms with Crippen LogP contribution >= 0.6 is 11.6 Å². The maximum Gasteiger partial charge on any atom is 0.274 e. The number of hydrogen-bond donors (Lipinski definition) is 2. The Hall–Kier alpha value is -1.06. The molecule has 0 atom stereocenters. The highest BCUT2D eigenvalue weighted by atomic mass is 35.5. The molecule has 0 aliphatic carbocycles. The molecule has 0 saturated heterocycles. The number of hydroxylamine groups is 1. The van der Waals surface area contributed by atoms with Gasteiger partial charge in [0, 0.05) is 10.6 Å². The summed E-state index contributed by atoms with van der Waals surface area (Å²) in [6, 6.07) is 6.19. The van der Waals surface area contributed by atoms with E-state index in [-0.39, 0.29) is 0 Å². The zero-order chi connectivity index (χ0) is 8.27. The van der Waals surface area contributed by atoms with Gasteiger partial charge in [-0.15, -0.1) is 0 Å². The molecular weight excluding hydrogens is 166 g/mol. The third-order valence-electron chi connectivity index (χ3n) is 1.21. The average Bonchev–Trinajstić information content (AvgIpc) is 2.05. The van der Waals surface area contributed by atoms with Crippen molar-refractivity contribution in [2.24, 2.45) is 0 Å². The Kier molecular flexibility index (Phi) is 2.46. The van der Waals surface area contributed by atoms with Crippen molar-refractivity contribution < 1.29 is 10.0 Å². The van der Waals surface area contributed by atoms with Crippen molar-refractivity contribution in [2.75, 3.05) is 0 Å². The lowest BCUT2D eigenvalue weighted by Crippen LogP contribution is -2.18. The highest BCUT2D eigenvalue weighted by Crippen LogP contribution is 2.08. The van der Waals surface area contributed by atoms with Crippen LogP contribution in [0.2, 0.25) is 5.02 Å². The normalized spacial score (nSPS) is 9.27. The van der Waals surface area contributed by atoms with Crippen molar-refractivity contribution in [3.05, 3.63) is 34.9 Å². The molecule has 1 aromatic rings. The summed E-state index contributed by atoms with van der Waals surface area (Å²) in [7, 11) is 0. The van der Waals surface area contributed by atoms with E-state index in [0.29, 0.717) is 10.6 Å². The van der Waals surface area contributed by atoms with E-state index >= 15 is 0 Å². The van der Waals surface area contributed by atoms with Crippen molar-refractivity contribution in [3.8, 4) is 0 Å². The molecule has 0 aliphatic heterocycles. The van der Waals surface area contributed by atoms with Crippen LogP contribution in [0.5, 0.6) is 0 Å².